The molecule has 0 saturated carbocycles. The van der Waals surface area contributed by atoms with Crippen LogP contribution in [0.25, 0.3) is 10.6 Å². The van der Waals surface area contributed by atoms with Crippen molar-refractivity contribution < 1.29 is 18.7 Å². The Morgan fingerprint density at radius 3 is 2.69 bits per heavy atom. The van der Waals surface area contributed by atoms with E-state index in [4.69, 9.17) is 9.47 Å². The lowest BCUT2D eigenvalue weighted by molar-refractivity contribution is -0.117. The van der Waals surface area contributed by atoms with Crippen LogP contribution in [0, 0.1) is 5.82 Å². The Balaban J connectivity index is 1.60. The number of carbonyl (C=O) groups excluding carboxylic acids is 1. The summed E-state index contributed by atoms with van der Waals surface area (Å²) in [6.07, 6.45) is 0. The zero-order chi connectivity index (χ0) is 20.8. The first-order chi connectivity index (χ1) is 14.0. The Morgan fingerprint density at radius 1 is 1.17 bits per heavy atom. The number of methoxy groups -OCH3 is 2. The third-order valence-electron chi connectivity index (χ3n) is 4.14. The maximum absolute atomic E-state index is 13.2. The fourth-order valence-electron chi connectivity index (χ4n) is 2.83. The molecule has 0 aliphatic rings. The van der Waals surface area contributed by atoms with E-state index in [2.05, 4.69) is 10.3 Å². The topological polar surface area (TPSA) is 63.7 Å². The molecule has 0 bridgehead atoms. The number of hydrogen-bond donors (Lipinski definition) is 1. The molecule has 0 aliphatic heterocycles. The Hall–Kier alpha value is -2.97. The van der Waals surface area contributed by atoms with Gasteiger partial charge in [0.2, 0.25) is 5.91 Å². The van der Waals surface area contributed by atoms with Crippen LogP contribution in [-0.2, 0) is 11.3 Å². The summed E-state index contributed by atoms with van der Waals surface area (Å²) in [5.41, 5.74) is 2.24. The van der Waals surface area contributed by atoms with E-state index in [0.717, 1.165) is 16.3 Å². The molecule has 3 aromatic rings. The molecule has 1 N–H and O–H groups in total. The minimum Gasteiger partial charge on any atom is -0.493 e. The van der Waals surface area contributed by atoms with Crippen molar-refractivity contribution in [2.45, 2.75) is 6.54 Å². The highest BCUT2D eigenvalue weighted by atomic mass is 32.1. The molecule has 29 heavy (non-hydrogen) atoms. The van der Waals surface area contributed by atoms with Crippen LogP contribution < -0.4 is 14.8 Å². The lowest BCUT2D eigenvalue weighted by Gasteiger charge is -2.15. The third-order valence-corrected chi connectivity index (χ3v) is 5.08. The number of nitrogens with zero attached hydrogens (tertiary/aromatic N) is 2. The van der Waals surface area contributed by atoms with E-state index in [1.807, 2.05) is 35.5 Å². The summed E-state index contributed by atoms with van der Waals surface area (Å²) in [5, 5.41) is 5.51. The highest BCUT2D eigenvalue weighted by Gasteiger charge is 2.12. The second kappa shape index (κ2) is 9.49. The molecule has 0 radical (unpaired) electrons. The zero-order valence-electron chi connectivity index (χ0n) is 16.4. The van der Waals surface area contributed by atoms with Gasteiger partial charge in [0.05, 0.1) is 26.5 Å². The first kappa shape index (κ1) is 20.8. The van der Waals surface area contributed by atoms with Gasteiger partial charge in [-0.3, -0.25) is 9.69 Å². The highest BCUT2D eigenvalue weighted by Crippen LogP contribution is 2.33. The number of ether oxygens (including phenoxy) is 2. The summed E-state index contributed by atoms with van der Waals surface area (Å²) in [6, 6.07) is 11.5. The lowest BCUT2D eigenvalue weighted by atomic mass is 10.2. The number of carbonyl (C=O) groups is 1. The van der Waals surface area contributed by atoms with Gasteiger partial charge >= 0.3 is 0 Å². The van der Waals surface area contributed by atoms with Crippen LogP contribution in [0.4, 0.5) is 10.1 Å². The average molecular weight is 415 g/mol. The minimum atomic E-state index is -0.388. The van der Waals surface area contributed by atoms with Gasteiger partial charge < -0.3 is 14.8 Å². The quantitative estimate of drug-likeness (QED) is 0.602. The van der Waals surface area contributed by atoms with Crippen LogP contribution >= 0.6 is 11.3 Å². The predicted octanol–water partition coefficient (Wildman–Crippen LogP) is 4.04. The van der Waals surface area contributed by atoms with Gasteiger partial charge in [-0.05, 0) is 43.4 Å². The second-order valence-corrected chi connectivity index (χ2v) is 7.30. The molecule has 2 aromatic carbocycles. The van der Waals surface area contributed by atoms with Gasteiger partial charge in [0.15, 0.2) is 11.5 Å². The molecule has 1 heterocycles. The molecule has 0 spiro atoms. The van der Waals surface area contributed by atoms with Gasteiger partial charge in [-0.1, -0.05) is 6.07 Å². The van der Waals surface area contributed by atoms with E-state index >= 15 is 0 Å². The standard InChI is InChI=1S/C21H22FN3O3S/c1-25(12-20(26)23-16-6-4-5-15(22)10-16)11-17-13-29-21(24-17)14-7-8-18(27-2)19(9-14)28-3/h4-10,13H,11-12H2,1-3H3,(H,23,26). The van der Waals surface area contributed by atoms with Crippen molar-refractivity contribution in [2.75, 3.05) is 33.1 Å². The highest BCUT2D eigenvalue weighted by molar-refractivity contribution is 7.13. The van der Waals surface area contributed by atoms with Crippen LogP contribution in [-0.4, -0.2) is 43.6 Å². The number of amides is 1. The van der Waals surface area contributed by atoms with Crippen molar-refractivity contribution >= 4 is 22.9 Å². The maximum atomic E-state index is 13.2. The van der Waals surface area contributed by atoms with Crippen LogP contribution in [0.2, 0.25) is 0 Å². The number of halogens is 1. The largest absolute Gasteiger partial charge is 0.493 e. The average Bonchev–Trinajstić information content (AvgIpc) is 3.15. The Morgan fingerprint density at radius 2 is 1.97 bits per heavy atom. The van der Waals surface area contributed by atoms with E-state index in [1.165, 1.54) is 23.5 Å². The van der Waals surface area contributed by atoms with Crippen molar-refractivity contribution in [1.29, 1.82) is 0 Å². The first-order valence-electron chi connectivity index (χ1n) is 8.89. The number of likely N-dealkylation sites (N-methyl/N-ethyl adjacent to an activating group) is 1. The van der Waals surface area contributed by atoms with Crippen molar-refractivity contribution in [2.24, 2.45) is 0 Å². The summed E-state index contributed by atoms with van der Waals surface area (Å²) in [6.45, 7) is 0.681. The molecule has 152 valence electrons. The van der Waals surface area contributed by atoms with E-state index in [9.17, 15) is 9.18 Å². The van der Waals surface area contributed by atoms with Crippen molar-refractivity contribution in [3.8, 4) is 22.1 Å². The SMILES string of the molecule is COc1ccc(-c2nc(CN(C)CC(=O)Nc3cccc(F)c3)cs2)cc1OC. The van der Waals surface area contributed by atoms with E-state index in [-0.39, 0.29) is 18.3 Å². The molecule has 0 unspecified atom stereocenters. The fraction of sp³-hybridized carbons (Fsp3) is 0.238. The fourth-order valence-corrected chi connectivity index (χ4v) is 3.63. The third kappa shape index (κ3) is 5.52. The summed E-state index contributed by atoms with van der Waals surface area (Å²) >= 11 is 1.52. The minimum absolute atomic E-state index is 0.166. The van der Waals surface area contributed by atoms with Gasteiger partial charge in [-0.15, -0.1) is 11.3 Å². The normalized spacial score (nSPS) is 10.8. The number of aromatic nitrogens is 1. The molecule has 1 amide bonds. The molecule has 3 rings (SSSR count). The van der Waals surface area contributed by atoms with Gasteiger partial charge in [0.1, 0.15) is 10.8 Å². The maximum Gasteiger partial charge on any atom is 0.238 e. The van der Waals surface area contributed by atoms with Gasteiger partial charge in [0, 0.05) is 23.2 Å². The monoisotopic (exact) mass is 415 g/mol. The van der Waals surface area contributed by atoms with Crippen molar-refractivity contribution in [3.63, 3.8) is 0 Å². The van der Waals surface area contributed by atoms with E-state index in [0.29, 0.717) is 23.7 Å². The smallest absolute Gasteiger partial charge is 0.238 e. The molecule has 0 fully saturated rings. The van der Waals surface area contributed by atoms with Crippen LogP contribution in [0.15, 0.2) is 47.8 Å². The van der Waals surface area contributed by atoms with Gasteiger partial charge in [-0.25, -0.2) is 9.37 Å². The first-order valence-corrected chi connectivity index (χ1v) is 9.77. The summed E-state index contributed by atoms with van der Waals surface area (Å²) in [7, 11) is 5.03. The number of nitrogens with one attached hydrogen (secondary N) is 1. The number of thiazole rings is 1. The summed E-state index contributed by atoms with van der Waals surface area (Å²) < 4.78 is 23.8. The van der Waals surface area contributed by atoms with Crippen LogP contribution in [0.1, 0.15) is 5.69 Å². The number of hydrogen-bond acceptors (Lipinski definition) is 6. The molecular weight excluding hydrogens is 393 g/mol. The molecule has 8 heteroatoms. The molecular formula is C21H22FN3O3S. The Labute approximate surface area is 172 Å². The van der Waals surface area contributed by atoms with Crippen LogP contribution in [0.5, 0.6) is 11.5 Å². The molecule has 6 nitrogen and oxygen atoms in total. The lowest BCUT2D eigenvalue weighted by Crippen LogP contribution is -2.29. The number of rotatable bonds is 8. The zero-order valence-corrected chi connectivity index (χ0v) is 17.3. The molecule has 0 aliphatic carbocycles. The molecule has 0 saturated heterocycles. The number of benzene rings is 2. The Bertz CT molecular complexity index is 993. The second-order valence-electron chi connectivity index (χ2n) is 6.44. The van der Waals surface area contributed by atoms with Gasteiger partial charge in [0.25, 0.3) is 0 Å². The van der Waals surface area contributed by atoms with Gasteiger partial charge in [-0.2, -0.15) is 0 Å². The van der Waals surface area contributed by atoms with Crippen LogP contribution in [0.3, 0.4) is 0 Å². The number of anilines is 1. The molecule has 0 atom stereocenters. The van der Waals surface area contributed by atoms with E-state index in [1.54, 1.807) is 26.4 Å². The van der Waals surface area contributed by atoms with E-state index < -0.39 is 0 Å². The summed E-state index contributed by atoms with van der Waals surface area (Å²) in [5.74, 6) is 0.708. The van der Waals surface area contributed by atoms with Crippen molar-refractivity contribution in [3.05, 3.63) is 59.4 Å². The molecule has 1 aromatic heterocycles. The predicted molar refractivity (Wildman–Crippen MR) is 112 cm³/mol. The van der Waals surface area contributed by atoms with Crippen molar-refractivity contribution in [1.82, 2.24) is 9.88 Å². The Kier molecular flexibility index (Phi) is 6.79. The summed E-state index contributed by atoms with van der Waals surface area (Å²) in [4.78, 5) is 18.7.